The molecule has 11 nitrogen and oxygen atoms in total. The predicted molar refractivity (Wildman–Crippen MR) is 197 cm³/mol. The number of aromatic hydroxyl groups is 1. The maximum atomic E-state index is 12.9. The van der Waals surface area contributed by atoms with Gasteiger partial charge in [0.2, 0.25) is 5.56 Å². The Labute approximate surface area is 299 Å². The molecule has 3 saturated heterocycles. The maximum absolute atomic E-state index is 12.9. The van der Waals surface area contributed by atoms with E-state index in [0.29, 0.717) is 41.3 Å². The number of piperidine rings is 3. The monoisotopic (exact) mass is 697 g/mol. The smallest absolute Gasteiger partial charge is 0.408 e. The van der Waals surface area contributed by atoms with Gasteiger partial charge in [-0.1, -0.05) is 68.5 Å². The van der Waals surface area contributed by atoms with E-state index in [1.807, 2.05) is 36.4 Å². The molecule has 3 aliphatic heterocycles. The van der Waals surface area contributed by atoms with Gasteiger partial charge in [-0.3, -0.25) is 14.7 Å². The summed E-state index contributed by atoms with van der Waals surface area (Å²) < 4.78 is 6.13. The standard InChI is InChI=1S/C40H51N5O6/c46-35-15-13-32(33-14-16-37(48)43-38(33)35)36(47)26-41-19-9-4-2-1-3-5-10-22-51-31-23-30(24-42-25-31)39(29-11-7-6-8-12-29)45(40(49)50)34-27-44-20-17-28(34)18-21-44/h6-8,11-16,23-25,28,34,36,39,41,46-47H,1-5,9-10,17-22,26-27H2,(H,43,48)(H,49,50)/t34-,36+,39?/m0/s1. The number of unbranched alkanes of at least 4 members (excludes halogenated alkanes) is 6. The Morgan fingerprint density at radius 1 is 0.961 bits per heavy atom. The van der Waals surface area contributed by atoms with Crippen LogP contribution in [0.1, 0.15) is 86.6 Å². The number of aromatic nitrogens is 2. The van der Waals surface area contributed by atoms with E-state index in [1.54, 1.807) is 29.4 Å². The van der Waals surface area contributed by atoms with Gasteiger partial charge in [-0.25, -0.2) is 4.79 Å². The summed E-state index contributed by atoms with van der Waals surface area (Å²) in [7, 11) is 0. The van der Waals surface area contributed by atoms with Crippen LogP contribution in [0.2, 0.25) is 0 Å². The fourth-order valence-corrected chi connectivity index (χ4v) is 7.83. The highest BCUT2D eigenvalue weighted by molar-refractivity contribution is 5.87. The zero-order valence-electron chi connectivity index (χ0n) is 29.3. The van der Waals surface area contributed by atoms with E-state index in [9.17, 15) is 24.9 Å². The van der Waals surface area contributed by atoms with Crippen molar-refractivity contribution in [1.82, 2.24) is 25.1 Å². The number of carboxylic acid groups (broad SMARTS) is 1. The van der Waals surface area contributed by atoms with Crippen molar-refractivity contribution < 1.29 is 24.9 Å². The van der Waals surface area contributed by atoms with E-state index < -0.39 is 18.2 Å². The predicted octanol–water partition coefficient (Wildman–Crippen LogP) is 6.23. The van der Waals surface area contributed by atoms with Crippen LogP contribution in [0.25, 0.3) is 10.9 Å². The van der Waals surface area contributed by atoms with E-state index in [1.165, 1.54) is 12.1 Å². The van der Waals surface area contributed by atoms with Crippen LogP contribution in [0.3, 0.4) is 0 Å². The minimum absolute atomic E-state index is 0.0144. The van der Waals surface area contributed by atoms with Gasteiger partial charge in [-0.05, 0) is 80.6 Å². The first-order chi connectivity index (χ1) is 24.9. The number of aliphatic hydroxyl groups excluding tert-OH is 1. The molecule has 3 atom stereocenters. The highest BCUT2D eigenvalue weighted by Crippen LogP contribution is 2.39. The van der Waals surface area contributed by atoms with E-state index in [2.05, 4.69) is 20.2 Å². The largest absolute Gasteiger partial charge is 0.506 e. The van der Waals surface area contributed by atoms with Gasteiger partial charge in [-0.15, -0.1) is 0 Å². The number of ether oxygens (including phenoxy) is 1. The van der Waals surface area contributed by atoms with Crippen LogP contribution in [-0.4, -0.2) is 86.6 Å². The molecule has 0 spiro atoms. The molecule has 3 aliphatic rings. The number of phenols is 1. The number of hydrogen-bond donors (Lipinski definition) is 5. The van der Waals surface area contributed by atoms with Crippen molar-refractivity contribution in [2.45, 2.75) is 76.0 Å². The summed E-state index contributed by atoms with van der Waals surface area (Å²) in [5.74, 6) is 1.02. The number of nitrogens with zero attached hydrogens (tertiary/aromatic N) is 3. The summed E-state index contributed by atoms with van der Waals surface area (Å²) in [4.78, 5) is 35.7. The number of aliphatic hydroxyl groups is 1. The second-order valence-electron chi connectivity index (χ2n) is 14.0. The number of rotatable bonds is 18. The van der Waals surface area contributed by atoms with Crippen LogP contribution in [0.5, 0.6) is 11.5 Å². The maximum Gasteiger partial charge on any atom is 0.408 e. The van der Waals surface area contributed by atoms with E-state index >= 15 is 0 Å². The molecule has 5 heterocycles. The third kappa shape index (κ3) is 9.27. The molecule has 2 aromatic heterocycles. The summed E-state index contributed by atoms with van der Waals surface area (Å²) >= 11 is 0. The molecule has 0 aliphatic carbocycles. The zero-order chi connectivity index (χ0) is 35.6. The number of carbonyl (C=O) groups is 1. The first kappa shape index (κ1) is 36.3. The number of amides is 1. The molecule has 0 radical (unpaired) electrons. The molecule has 2 aromatic carbocycles. The fraction of sp³-hybridized carbons (Fsp3) is 0.475. The summed E-state index contributed by atoms with van der Waals surface area (Å²) in [5, 5.41) is 35.3. The quantitative estimate of drug-likeness (QED) is 0.0763. The Hall–Kier alpha value is -4.45. The topological polar surface area (TPSA) is 151 Å². The highest BCUT2D eigenvalue weighted by atomic mass is 16.5. The average molecular weight is 698 g/mol. The summed E-state index contributed by atoms with van der Waals surface area (Å²) in [6.45, 7) is 4.65. The van der Waals surface area contributed by atoms with Gasteiger partial charge in [0.1, 0.15) is 11.5 Å². The second kappa shape index (κ2) is 17.7. The number of benzene rings is 2. The number of phenolic OH excluding ortho intramolecular Hbond substituents is 1. The lowest BCUT2D eigenvalue weighted by atomic mass is 9.81. The second-order valence-corrected chi connectivity index (χ2v) is 14.0. The van der Waals surface area contributed by atoms with Crippen LogP contribution >= 0.6 is 0 Å². The van der Waals surface area contributed by atoms with Crippen LogP contribution in [0.4, 0.5) is 4.79 Å². The van der Waals surface area contributed by atoms with Crippen molar-refractivity contribution in [3.8, 4) is 11.5 Å². The van der Waals surface area contributed by atoms with Crippen molar-refractivity contribution in [2.24, 2.45) is 5.92 Å². The Balaban J connectivity index is 0.902. The van der Waals surface area contributed by atoms with Crippen molar-refractivity contribution >= 4 is 17.0 Å². The minimum Gasteiger partial charge on any atom is -0.506 e. The Morgan fingerprint density at radius 2 is 1.71 bits per heavy atom. The molecule has 51 heavy (non-hydrogen) atoms. The van der Waals surface area contributed by atoms with Gasteiger partial charge in [0.05, 0.1) is 36.5 Å². The van der Waals surface area contributed by atoms with Crippen molar-refractivity contribution in [1.29, 1.82) is 0 Å². The number of aromatic amines is 1. The fourth-order valence-electron chi connectivity index (χ4n) is 7.83. The van der Waals surface area contributed by atoms with Gasteiger partial charge in [0.25, 0.3) is 0 Å². The summed E-state index contributed by atoms with van der Waals surface area (Å²) in [5.41, 5.74) is 2.47. The molecular weight excluding hydrogens is 646 g/mol. The van der Waals surface area contributed by atoms with Crippen LogP contribution in [0.15, 0.2) is 77.9 Å². The Morgan fingerprint density at radius 3 is 2.43 bits per heavy atom. The summed E-state index contributed by atoms with van der Waals surface area (Å²) in [6, 6.07) is 17.5. The van der Waals surface area contributed by atoms with Crippen LogP contribution < -0.4 is 15.6 Å². The van der Waals surface area contributed by atoms with Gasteiger partial charge in [0, 0.05) is 36.3 Å². The molecule has 3 fully saturated rings. The molecule has 0 saturated carbocycles. The molecule has 5 N–H and O–H groups in total. The number of fused-ring (bicyclic) bond motifs is 4. The van der Waals surface area contributed by atoms with Crippen molar-refractivity contribution in [3.05, 3.63) is 100 Å². The lowest BCUT2D eigenvalue weighted by molar-refractivity contribution is -0.000854. The third-order valence-electron chi connectivity index (χ3n) is 10.5. The van der Waals surface area contributed by atoms with E-state index in [0.717, 1.165) is 95.1 Å². The van der Waals surface area contributed by atoms with Crippen molar-refractivity contribution in [3.63, 3.8) is 0 Å². The summed E-state index contributed by atoms with van der Waals surface area (Å²) in [6.07, 6.45) is 11.5. The lowest BCUT2D eigenvalue weighted by Crippen LogP contribution is -2.59. The van der Waals surface area contributed by atoms with Gasteiger partial charge in [0.15, 0.2) is 0 Å². The first-order valence-electron chi connectivity index (χ1n) is 18.5. The average Bonchev–Trinajstić information content (AvgIpc) is 3.15. The minimum atomic E-state index is -0.899. The molecular formula is C40H51N5O6. The third-order valence-corrected chi connectivity index (χ3v) is 10.5. The van der Waals surface area contributed by atoms with E-state index in [-0.39, 0.29) is 17.4 Å². The molecule has 272 valence electrons. The number of pyridine rings is 2. The number of H-pyrrole nitrogens is 1. The normalized spacial score (nSPS) is 19.5. The molecule has 1 amide bonds. The van der Waals surface area contributed by atoms with Crippen molar-refractivity contribution in [2.75, 3.05) is 39.3 Å². The number of nitrogens with one attached hydrogen (secondary N) is 2. The molecule has 1 unspecified atom stereocenters. The Kier molecular flexibility index (Phi) is 12.6. The van der Waals surface area contributed by atoms with Gasteiger partial charge < -0.3 is 35.3 Å². The Bertz CT molecular complexity index is 1780. The molecule has 4 aromatic rings. The van der Waals surface area contributed by atoms with E-state index in [4.69, 9.17) is 4.74 Å². The SMILES string of the molecule is O=C(O)N(C(c1ccccc1)c1cncc(OCCCCCCCCCNC[C@@H](O)c2ccc(O)c3[nH]c(=O)ccc23)c1)[C@H]1CN2CCC1CC2. The zero-order valence-corrected chi connectivity index (χ0v) is 29.3. The molecule has 7 rings (SSSR count). The van der Waals surface area contributed by atoms with Crippen LogP contribution in [0, 0.1) is 5.92 Å². The lowest BCUT2D eigenvalue weighted by Gasteiger charge is -2.50. The van der Waals surface area contributed by atoms with Crippen LogP contribution in [-0.2, 0) is 0 Å². The molecule has 11 heteroatoms. The van der Waals surface area contributed by atoms with Gasteiger partial charge >= 0.3 is 6.09 Å². The highest BCUT2D eigenvalue weighted by Gasteiger charge is 2.43. The number of hydrogen-bond acceptors (Lipinski definition) is 8. The molecule has 2 bridgehead atoms. The first-order valence-corrected chi connectivity index (χ1v) is 18.5. The van der Waals surface area contributed by atoms with Gasteiger partial charge in [-0.2, -0.15) is 0 Å².